The zero-order valence-corrected chi connectivity index (χ0v) is 15.3. The second-order valence-electron chi connectivity index (χ2n) is 5.67. The molecule has 0 unspecified atom stereocenters. The van der Waals surface area contributed by atoms with Gasteiger partial charge in [0.2, 0.25) is 0 Å². The lowest BCUT2D eigenvalue weighted by Gasteiger charge is -2.13. The van der Waals surface area contributed by atoms with Gasteiger partial charge in [0, 0.05) is 17.3 Å². The van der Waals surface area contributed by atoms with Crippen LogP contribution in [0.4, 0.5) is 11.4 Å². The van der Waals surface area contributed by atoms with Crippen molar-refractivity contribution >= 4 is 34.8 Å². The first-order valence-corrected chi connectivity index (χ1v) is 8.56. The Morgan fingerprint density at radius 2 is 1.56 bits per heavy atom. The summed E-state index contributed by atoms with van der Waals surface area (Å²) in [5.41, 5.74) is 1.94. The van der Waals surface area contributed by atoms with Gasteiger partial charge in [-0.15, -0.1) is 0 Å². The molecule has 3 aromatic rings. The van der Waals surface area contributed by atoms with Gasteiger partial charge in [-0.25, -0.2) is 0 Å². The maximum atomic E-state index is 12.4. The first kappa shape index (κ1) is 18.5. The lowest BCUT2D eigenvalue weighted by molar-refractivity contribution is 0.101. The number of nitrogens with one attached hydrogen (secondary N) is 2. The number of hydrogen-bond acceptors (Lipinski definition) is 3. The van der Waals surface area contributed by atoms with E-state index >= 15 is 0 Å². The van der Waals surface area contributed by atoms with Crippen LogP contribution < -0.4 is 15.4 Å². The number of rotatable bonds is 5. The largest absolute Gasteiger partial charge is 0.494 e. The summed E-state index contributed by atoms with van der Waals surface area (Å²) < 4.78 is 5.34. The fourth-order valence-corrected chi connectivity index (χ4v) is 2.72. The van der Waals surface area contributed by atoms with Crippen LogP contribution >= 0.6 is 11.6 Å². The van der Waals surface area contributed by atoms with Crippen LogP contribution in [0.2, 0.25) is 5.02 Å². The van der Waals surface area contributed by atoms with E-state index in [-0.39, 0.29) is 11.8 Å². The summed E-state index contributed by atoms with van der Waals surface area (Å²) in [5.74, 6) is -0.160. The Bertz CT molecular complexity index is 974. The summed E-state index contributed by atoms with van der Waals surface area (Å²) in [4.78, 5) is 24.7. The fourth-order valence-electron chi connectivity index (χ4n) is 2.50. The maximum absolute atomic E-state index is 12.4. The van der Waals surface area contributed by atoms with Gasteiger partial charge in [-0.1, -0.05) is 41.9 Å². The van der Waals surface area contributed by atoms with Gasteiger partial charge in [-0.05, 0) is 36.4 Å². The minimum atomic E-state index is -0.347. The Morgan fingerprint density at radius 3 is 2.26 bits per heavy atom. The van der Waals surface area contributed by atoms with Crippen LogP contribution in [0.1, 0.15) is 20.7 Å². The first-order chi connectivity index (χ1) is 13.1. The molecule has 0 radical (unpaired) electrons. The second kappa shape index (κ2) is 8.38. The van der Waals surface area contributed by atoms with Crippen molar-refractivity contribution in [2.75, 3.05) is 17.7 Å². The molecule has 5 nitrogen and oxygen atoms in total. The van der Waals surface area contributed by atoms with Crippen LogP contribution in [-0.4, -0.2) is 18.9 Å². The molecule has 0 saturated heterocycles. The molecule has 0 fully saturated rings. The van der Waals surface area contributed by atoms with Gasteiger partial charge in [0.25, 0.3) is 11.8 Å². The molecule has 0 aliphatic carbocycles. The Morgan fingerprint density at radius 1 is 0.852 bits per heavy atom. The summed E-state index contributed by atoms with van der Waals surface area (Å²) in [6.45, 7) is 0. The molecule has 3 aromatic carbocycles. The highest BCUT2D eigenvalue weighted by Crippen LogP contribution is 2.29. The SMILES string of the molecule is COc1cc(NC(=O)c2ccccc2)ccc1NC(=O)c1ccccc1Cl. The molecule has 3 rings (SSSR count). The van der Waals surface area contributed by atoms with Crippen molar-refractivity contribution in [1.29, 1.82) is 0 Å². The highest BCUT2D eigenvalue weighted by molar-refractivity contribution is 6.34. The number of methoxy groups -OCH3 is 1. The van der Waals surface area contributed by atoms with Gasteiger partial charge >= 0.3 is 0 Å². The van der Waals surface area contributed by atoms with Crippen molar-refractivity contribution in [3.8, 4) is 5.75 Å². The van der Waals surface area contributed by atoms with E-state index in [4.69, 9.17) is 16.3 Å². The molecule has 136 valence electrons. The number of carbonyl (C=O) groups excluding carboxylic acids is 2. The molecular weight excluding hydrogens is 364 g/mol. The fraction of sp³-hybridized carbons (Fsp3) is 0.0476. The smallest absolute Gasteiger partial charge is 0.257 e. The average molecular weight is 381 g/mol. The van der Waals surface area contributed by atoms with Gasteiger partial charge in [-0.2, -0.15) is 0 Å². The number of amides is 2. The van der Waals surface area contributed by atoms with Crippen LogP contribution in [0.3, 0.4) is 0 Å². The maximum Gasteiger partial charge on any atom is 0.257 e. The van der Waals surface area contributed by atoms with Crippen molar-refractivity contribution in [2.45, 2.75) is 0 Å². The normalized spacial score (nSPS) is 10.1. The quantitative estimate of drug-likeness (QED) is 0.664. The molecule has 27 heavy (non-hydrogen) atoms. The third-order valence-electron chi connectivity index (χ3n) is 3.86. The summed E-state index contributed by atoms with van der Waals surface area (Å²) in [5, 5.41) is 5.93. The summed E-state index contributed by atoms with van der Waals surface area (Å²) in [6.07, 6.45) is 0. The predicted octanol–water partition coefficient (Wildman–Crippen LogP) is 4.85. The molecule has 0 aliphatic rings. The molecule has 0 spiro atoms. The average Bonchev–Trinajstić information content (AvgIpc) is 2.70. The van der Waals surface area contributed by atoms with E-state index in [2.05, 4.69) is 10.6 Å². The third-order valence-corrected chi connectivity index (χ3v) is 4.19. The number of hydrogen-bond donors (Lipinski definition) is 2. The molecule has 0 aliphatic heterocycles. The monoisotopic (exact) mass is 380 g/mol. The highest BCUT2D eigenvalue weighted by atomic mass is 35.5. The van der Waals surface area contributed by atoms with E-state index in [1.54, 1.807) is 66.7 Å². The summed E-state index contributed by atoms with van der Waals surface area (Å²) >= 11 is 6.06. The van der Waals surface area contributed by atoms with E-state index in [1.807, 2.05) is 6.07 Å². The molecule has 0 saturated carbocycles. The summed E-state index contributed by atoms with van der Waals surface area (Å²) in [6, 6.07) is 20.7. The number of carbonyl (C=O) groups is 2. The molecule has 6 heteroatoms. The standard InChI is InChI=1S/C21H17ClN2O3/c1-27-19-13-15(23-20(25)14-7-3-2-4-8-14)11-12-18(19)24-21(26)16-9-5-6-10-17(16)22/h2-13H,1H3,(H,23,25)(H,24,26). The zero-order chi connectivity index (χ0) is 19.2. The minimum absolute atomic E-state index is 0.231. The van der Waals surface area contributed by atoms with Crippen LogP contribution in [-0.2, 0) is 0 Å². The predicted molar refractivity (Wildman–Crippen MR) is 107 cm³/mol. The third kappa shape index (κ3) is 4.46. The van der Waals surface area contributed by atoms with Crippen LogP contribution in [0.5, 0.6) is 5.75 Å². The Labute approximate surface area is 161 Å². The van der Waals surface area contributed by atoms with Gasteiger partial charge in [0.05, 0.1) is 23.4 Å². The molecule has 0 bridgehead atoms. The number of anilines is 2. The van der Waals surface area contributed by atoms with Crippen molar-refractivity contribution in [3.05, 3.63) is 88.9 Å². The summed E-state index contributed by atoms with van der Waals surface area (Å²) in [7, 11) is 1.49. The number of benzene rings is 3. The Kier molecular flexibility index (Phi) is 5.74. The number of ether oxygens (including phenoxy) is 1. The van der Waals surface area contributed by atoms with Crippen molar-refractivity contribution in [1.82, 2.24) is 0 Å². The molecule has 2 amide bonds. The second-order valence-corrected chi connectivity index (χ2v) is 6.08. The topological polar surface area (TPSA) is 67.4 Å². The highest BCUT2D eigenvalue weighted by Gasteiger charge is 2.14. The van der Waals surface area contributed by atoms with E-state index in [0.717, 1.165) is 0 Å². The van der Waals surface area contributed by atoms with Crippen molar-refractivity contribution in [2.24, 2.45) is 0 Å². The lowest BCUT2D eigenvalue weighted by atomic mass is 10.2. The van der Waals surface area contributed by atoms with E-state index in [0.29, 0.717) is 33.3 Å². The molecule has 2 N–H and O–H groups in total. The number of halogens is 1. The van der Waals surface area contributed by atoms with Crippen molar-refractivity contribution < 1.29 is 14.3 Å². The Hall–Kier alpha value is -3.31. The van der Waals surface area contributed by atoms with Gasteiger partial charge in [-0.3, -0.25) is 9.59 Å². The molecule has 0 atom stereocenters. The Balaban J connectivity index is 1.77. The van der Waals surface area contributed by atoms with Crippen LogP contribution in [0.25, 0.3) is 0 Å². The van der Waals surface area contributed by atoms with E-state index in [1.165, 1.54) is 7.11 Å². The van der Waals surface area contributed by atoms with E-state index in [9.17, 15) is 9.59 Å². The minimum Gasteiger partial charge on any atom is -0.494 e. The van der Waals surface area contributed by atoms with Gasteiger partial charge in [0.15, 0.2) is 0 Å². The van der Waals surface area contributed by atoms with Gasteiger partial charge < -0.3 is 15.4 Å². The molecular formula is C21H17ClN2O3. The van der Waals surface area contributed by atoms with Crippen LogP contribution in [0, 0.1) is 0 Å². The van der Waals surface area contributed by atoms with E-state index < -0.39 is 0 Å². The van der Waals surface area contributed by atoms with Gasteiger partial charge in [0.1, 0.15) is 5.75 Å². The van der Waals surface area contributed by atoms with Crippen molar-refractivity contribution in [3.63, 3.8) is 0 Å². The van der Waals surface area contributed by atoms with Crippen LogP contribution in [0.15, 0.2) is 72.8 Å². The molecule has 0 aromatic heterocycles. The first-order valence-electron chi connectivity index (χ1n) is 8.19. The molecule has 0 heterocycles. The zero-order valence-electron chi connectivity index (χ0n) is 14.5. The lowest BCUT2D eigenvalue weighted by Crippen LogP contribution is -2.14.